The second kappa shape index (κ2) is 5.47. The Balaban J connectivity index is 0. The van der Waals surface area contributed by atoms with Crippen molar-refractivity contribution >= 4 is 29.9 Å². The van der Waals surface area contributed by atoms with Gasteiger partial charge in [0, 0.05) is 0 Å². The number of hydrogen-bond acceptors (Lipinski definition) is 2. The van der Waals surface area contributed by atoms with Crippen LogP contribution in [0.4, 0.5) is 0 Å². The Kier molecular flexibility index (Phi) is 7.34. The van der Waals surface area contributed by atoms with Gasteiger partial charge in [-0.15, -0.1) is 24.0 Å². The molecule has 0 aromatic rings. The van der Waals surface area contributed by atoms with E-state index in [1.165, 1.54) is 0 Å². The summed E-state index contributed by atoms with van der Waals surface area (Å²) in [7, 11) is 0. The zero-order chi connectivity index (χ0) is 7.49. The topological polar surface area (TPSA) is 26.3 Å². The Morgan fingerprint density at radius 2 is 1.90 bits per heavy atom. The van der Waals surface area contributed by atoms with Gasteiger partial charge >= 0.3 is 65.2 Å². The summed E-state index contributed by atoms with van der Waals surface area (Å²) in [6, 6.07) is 0. The minimum Gasteiger partial charge on any atom is -0.107 e. The van der Waals surface area contributed by atoms with Crippen molar-refractivity contribution in [1.29, 1.82) is 0 Å². The molecule has 0 saturated carbocycles. The van der Waals surface area contributed by atoms with Crippen LogP contribution < -0.4 is 0 Å². The maximum atomic E-state index is 10.9. The van der Waals surface area contributed by atoms with Gasteiger partial charge in [0.2, 0.25) is 0 Å². The SMILES string of the molecule is CC(C)(C)C(=O)O[CH2][Zn].I. The average Bonchev–Trinajstić information content (AvgIpc) is 1.64. The minimum absolute atomic E-state index is 0. The van der Waals surface area contributed by atoms with Crippen LogP contribution in [0.3, 0.4) is 0 Å². The molecule has 0 atom stereocenters. The van der Waals surface area contributed by atoms with E-state index < -0.39 is 0 Å². The van der Waals surface area contributed by atoms with Crippen molar-refractivity contribution in [2.45, 2.75) is 20.8 Å². The van der Waals surface area contributed by atoms with E-state index in [9.17, 15) is 4.79 Å². The van der Waals surface area contributed by atoms with Gasteiger partial charge in [0.05, 0.1) is 0 Å². The third-order valence-electron chi connectivity index (χ3n) is 0.846. The first-order valence-electron chi connectivity index (χ1n) is 2.95. The van der Waals surface area contributed by atoms with Crippen LogP contribution in [-0.4, -0.2) is 11.2 Å². The Bertz CT molecular complexity index is 109. The van der Waals surface area contributed by atoms with E-state index in [2.05, 4.69) is 0 Å². The van der Waals surface area contributed by atoms with Crippen molar-refractivity contribution in [1.82, 2.24) is 0 Å². The van der Waals surface area contributed by atoms with Crippen LogP contribution in [0.5, 0.6) is 0 Å². The minimum atomic E-state index is -0.331. The number of ether oxygens (including phenoxy) is 1. The van der Waals surface area contributed by atoms with Crippen LogP contribution in [0.25, 0.3) is 0 Å². The van der Waals surface area contributed by atoms with Crippen LogP contribution in [0.1, 0.15) is 20.8 Å². The van der Waals surface area contributed by atoms with Gasteiger partial charge in [0.15, 0.2) is 0 Å². The summed E-state index contributed by atoms with van der Waals surface area (Å²) >= 11 is 1.02. The summed E-state index contributed by atoms with van der Waals surface area (Å²) in [5, 5.41) is 0.593. The van der Waals surface area contributed by atoms with E-state index in [-0.39, 0.29) is 35.4 Å². The third kappa shape index (κ3) is 5.60. The van der Waals surface area contributed by atoms with Gasteiger partial charge in [0.1, 0.15) is 0 Å². The molecule has 0 amide bonds. The molecular formula is C6H12IO2Zn. The molecular weight excluding hydrogens is 296 g/mol. The molecule has 0 radical (unpaired) electrons. The first-order chi connectivity index (χ1) is 3.98. The van der Waals surface area contributed by atoms with Crippen molar-refractivity contribution in [3.63, 3.8) is 0 Å². The molecule has 0 rings (SSSR count). The molecule has 0 aliphatic rings. The maximum Gasteiger partial charge on any atom is -0.107 e. The summed E-state index contributed by atoms with van der Waals surface area (Å²) in [5.41, 5.74) is -0.331. The number of carbonyl (C=O) groups excluding carboxylic acids is 1. The average molecular weight is 308 g/mol. The summed E-state index contributed by atoms with van der Waals surface area (Å²) in [6.07, 6.45) is 0. The molecule has 0 unspecified atom stereocenters. The molecule has 57 valence electrons. The Morgan fingerprint density at radius 3 is 2.00 bits per heavy atom. The van der Waals surface area contributed by atoms with Crippen LogP contribution in [0.15, 0.2) is 0 Å². The molecule has 0 aromatic carbocycles. The second-order valence-electron chi connectivity index (χ2n) is 2.89. The Morgan fingerprint density at radius 1 is 1.50 bits per heavy atom. The van der Waals surface area contributed by atoms with Gasteiger partial charge in [-0.2, -0.15) is 0 Å². The van der Waals surface area contributed by atoms with Crippen molar-refractivity contribution in [3.8, 4) is 0 Å². The largest absolute Gasteiger partial charge is 0.107 e. The number of rotatable bonds is 1. The Labute approximate surface area is 88.8 Å². The molecule has 0 aliphatic carbocycles. The van der Waals surface area contributed by atoms with Gasteiger partial charge in [-0.05, 0) is 0 Å². The van der Waals surface area contributed by atoms with Crippen molar-refractivity contribution in [2.24, 2.45) is 5.41 Å². The molecule has 0 bridgehead atoms. The number of carbonyl (C=O) groups is 1. The number of esters is 1. The van der Waals surface area contributed by atoms with E-state index in [4.69, 9.17) is 4.74 Å². The quantitative estimate of drug-likeness (QED) is 0.419. The summed E-state index contributed by atoms with van der Waals surface area (Å²) < 4.78 is 4.82. The van der Waals surface area contributed by atoms with Crippen LogP contribution in [0.2, 0.25) is 0 Å². The fraction of sp³-hybridized carbons (Fsp3) is 0.833. The molecule has 0 heterocycles. The predicted octanol–water partition coefficient (Wildman–Crippen LogP) is 1.70. The zero-order valence-electron chi connectivity index (χ0n) is 6.64. The normalized spacial score (nSPS) is 10.1. The van der Waals surface area contributed by atoms with Gasteiger partial charge in [-0.3, -0.25) is 0 Å². The molecule has 10 heavy (non-hydrogen) atoms. The smallest absolute Gasteiger partial charge is 0.107 e. The van der Waals surface area contributed by atoms with Crippen LogP contribution in [-0.2, 0) is 27.8 Å². The number of hydrogen-bond donors (Lipinski definition) is 0. The van der Waals surface area contributed by atoms with E-state index >= 15 is 0 Å². The van der Waals surface area contributed by atoms with Crippen LogP contribution in [0, 0.1) is 5.41 Å². The molecule has 0 fully saturated rings. The molecule has 0 N–H and O–H groups in total. The first-order valence-corrected chi connectivity index (χ1v) is 5.04. The zero-order valence-corrected chi connectivity index (χ0v) is 11.9. The third-order valence-corrected chi connectivity index (χ3v) is 1.27. The fourth-order valence-corrected chi connectivity index (χ4v) is 0.698. The molecule has 0 aromatic heterocycles. The van der Waals surface area contributed by atoms with Gasteiger partial charge < -0.3 is 0 Å². The molecule has 0 spiro atoms. The number of halogens is 1. The Hall–Kier alpha value is 0.823. The molecule has 0 saturated heterocycles. The van der Waals surface area contributed by atoms with E-state index in [1.54, 1.807) is 0 Å². The molecule has 2 nitrogen and oxygen atoms in total. The fourth-order valence-electron chi connectivity index (χ4n) is 0.309. The van der Waals surface area contributed by atoms with Crippen LogP contribution >= 0.6 is 24.0 Å². The first kappa shape index (κ1) is 13.4. The maximum absolute atomic E-state index is 10.9. The monoisotopic (exact) mass is 307 g/mol. The van der Waals surface area contributed by atoms with E-state index in [0.717, 1.165) is 18.3 Å². The summed E-state index contributed by atoms with van der Waals surface area (Å²) in [5.74, 6) is -0.103. The predicted molar refractivity (Wildman–Crippen MR) is 45.8 cm³/mol. The van der Waals surface area contributed by atoms with Gasteiger partial charge in [0.25, 0.3) is 0 Å². The van der Waals surface area contributed by atoms with E-state index in [1.807, 2.05) is 20.8 Å². The standard InChI is InChI=1S/C6H11O2.HI.Zn/c1-6(2,3)5(7)8-4;;/h4H2,1-3H3;1H;. The van der Waals surface area contributed by atoms with Crippen molar-refractivity contribution < 1.29 is 27.8 Å². The molecule has 0 aliphatic heterocycles. The van der Waals surface area contributed by atoms with Crippen molar-refractivity contribution in [3.05, 3.63) is 0 Å². The second-order valence-corrected chi connectivity index (χ2v) is 3.74. The van der Waals surface area contributed by atoms with E-state index in [0.29, 0.717) is 5.20 Å². The van der Waals surface area contributed by atoms with Crippen molar-refractivity contribution in [2.75, 3.05) is 5.20 Å². The van der Waals surface area contributed by atoms with Gasteiger partial charge in [-0.25, -0.2) is 0 Å². The summed E-state index contributed by atoms with van der Waals surface area (Å²) in [6.45, 7) is 5.56. The van der Waals surface area contributed by atoms with Gasteiger partial charge in [-0.1, -0.05) is 0 Å². The molecule has 4 heteroatoms. The summed E-state index contributed by atoms with van der Waals surface area (Å²) in [4.78, 5) is 10.9.